The number of nitrogens with zero attached hydrogens (tertiary/aromatic N) is 3. The maximum absolute atomic E-state index is 13.7. The van der Waals surface area contributed by atoms with Gasteiger partial charge in [-0.3, -0.25) is 14.5 Å². The first-order valence-corrected chi connectivity index (χ1v) is 17.1. The van der Waals surface area contributed by atoms with Gasteiger partial charge in [-0.1, -0.05) is 37.3 Å². The summed E-state index contributed by atoms with van der Waals surface area (Å²) in [7, 11) is -3.61. The number of sulfonamides is 1. The van der Waals surface area contributed by atoms with Crippen LogP contribution in [-0.4, -0.2) is 67.1 Å². The van der Waals surface area contributed by atoms with E-state index in [2.05, 4.69) is 29.3 Å². The van der Waals surface area contributed by atoms with Crippen LogP contribution in [0.25, 0.3) is 0 Å². The van der Waals surface area contributed by atoms with Gasteiger partial charge in [0.15, 0.2) is 0 Å². The predicted octanol–water partition coefficient (Wildman–Crippen LogP) is 5.46. The Balaban J connectivity index is 1.37. The number of fused-ring (bicyclic) bond motifs is 1. The number of thiophene rings is 1. The molecule has 224 valence electrons. The minimum atomic E-state index is -3.61. The van der Waals surface area contributed by atoms with E-state index in [0.29, 0.717) is 54.8 Å². The molecule has 0 spiro atoms. The molecule has 1 fully saturated rings. The van der Waals surface area contributed by atoms with Crippen LogP contribution in [0, 0.1) is 5.92 Å². The van der Waals surface area contributed by atoms with Crippen LogP contribution in [0.3, 0.4) is 0 Å². The van der Waals surface area contributed by atoms with Crippen LogP contribution in [0.15, 0.2) is 59.5 Å². The minimum absolute atomic E-state index is 0.0680. The van der Waals surface area contributed by atoms with Gasteiger partial charge in [-0.05, 0) is 74.4 Å². The van der Waals surface area contributed by atoms with Crippen molar-refractivity contribution < 1.29 is 18.0 Å². The molecule has 1 saturated heterocycles. The lowest BCUT2D eigenvalue weighted by atomic mass is 10.0. The normalized spacial score (nSPS) is 17.9. The molecule has 1 atom stereocenters. The van der Waals surface area contributed by atoms with Crippen molar-refractivity contribution in [2.24, 2.45) is 5.92 Å². The topological polar surface area (TPSA) is 90.0 Å². The molecule has 1 aromatic heterocycles. The zero-order chi connectivity index (χ0) is 29.9. The van der Waals surface area contributed by atoms with E-state index in [1.165, 1.54) is 29.0 Å². The summed E-state index contributed by atoms with van der Waals surface area (Å²) in [6.45, 7) is 10.5. The Morgan fingerprint density at radius 1 is 1.02 bits per heavy atom. The first kappa shape index (κ1) is 30.4. The maximum atomic E-state index is 13.7. The van der Waals surface area contributed by atoms with Crippen molar-refractivity contribution in [3.05, 3.63) is 81.7 Å². The van der Waals surface area contributed by atoms with E-state index in [1.807, 2.05) is 32.0 Å². The molecule has 3 aromatic rings. The minimum Gasteiger partial charge on any atom is -0.339 e. The Labute approximate surface area is 253 Å². The first-order valence-electron chi connectivity index (χ1n) is 14.8. The predicted molar refractivity (Wildman–Crippen MR) is 167 cm³/mol. The summed E-state index contributed by atoms with van der Waals surface area (Å²) in [6, 6.07) is 16.5. The van der Waals surface area contributed by atoms with Gasteiger partial charge in [-0.15, -0.1) is 11.3 Å². The summed E-state index contributed by atoms with van der Waals surface area (Å²) in [4.78, 5) is 32.5. The third-order valence-electron chi connectivity index (χ3n) is 8.25. The molecule has 42 heavy (non-hydrogen) atoms. The van der Waals surface area contributed by atoms with Gasteiger partial charge in [-0.25, -0.2) is 8.42 Å². The second-order valence-electron chi connectivity index (χ2n) is 11.2. The molecule has 8 nitrogen and oxygen atoms in total. The molecule has 2 amide bonds. The van der Waals surface area contributed by atoms with Crippen LogP contribution in [0.5, 0.6) is 0 Å². The van der Waals surface area contributed by atoms with Crippen LogP contribution >= 0.6 is 11.3 Å². The summed E-state index contributed by atoms with van der Waals surface area (Å²) in [5, 5.41) is 3.57. The number of amides is 2. The highest BCUT2D eigenvalue weighted by Crippen LogP contribution is 2.38. The summed E-state index contributed by atoms with van der Waals surface area (Å²) in [5.41, 5.74) is 3.20. The standard InChI is InChI=1S/C32H40N4O4S2/c1-4-35(5-2)32(38)29-27-17-19-34(21-24-11-7-6-8-12-24)22-28(27)41-31(29)33-30(37)25-13-15-26(16-14-25)42(39,40)36-18-9-10-23(3)20-36/h6-8,11-16,23H,4-5,9-10,17-22H2,1-3H3,(H,33,37). The Morgan fingerprint density at radius 2 is 1.74 bits per heavy atom. The van der Waals surface area contributed by atoms with E-state index >= 15 is 0 Å². The molecule has 1 N–H and O–H groups in total. The number of carbonyl (C=O) groups is 2. The average Bonchev–Trinajstić information content (AvgIpc) is 3.35. The smallest absolute Gasteiger partial charge is 0.257 e. The molecule has 3 heterocycles. The lowest BCUT2D eigenvalue weighted by molar-refractivity contribution is 0.0772. The number of nitrogens with one attached hydrogen (secondary N) is 1. The second-order valence-corrected chi connectivity index (χ2v) is 14.3. The van der Waals surface area contributed by atoms with Crippen molar-refractivity contribution in [1.82, 2.24) is 14.1 Å². The highest BCUT2D eigenvalue weighted by Gasteiger charge is 2.31. The number of hydrogen-bond acceptors (Lipinski definition) is 6. The zero-order valence-corrected chi connectivity index (χ0v) is 26.3. The van der Waals surface area contributed by atoms with E-state index in [-0.39, 0.29) is 16.7 Å². The highest BCUT2D eigenvalue weighted by atomic mass is 32.2. The van der Waals surface area contributed by atoms with Gasteiger partial charge in [0.1, 0.15) is 5.00 Å². The fourth-order valence-corrected chi connectivity index (χ4v) is 8.76. The fourth-order valence-electron chi connectivity index (χ4n) is 5.88. The van der Waals surface area contributed by atoms with Crippen molar-refractivity contribution in [1.29, 1.82) is 0 Å². The molecule has 2 aliphatic rings. The third-order valence-corrected chi connectivity index (χ3v) is 11.3. The molecule has 0 bridgehead atoms. The largest absolute Gasteiger partial charge is 0.339 e. The summed E-state index contributed by atoms with van der Waals surface area (Å²) in [6.07, 6.45) is 2.61. The number of hydrogen-bond donors (Lipinski definition) is 1. The SMILES string of the molecule is CCN(CC)C(=O)c1c(NC(=O)c2ccc(S(=O)(=O)N3CCCC(C)C3)cc2)sc2c1CCN(Cc1ccccc1)C2. The molecule has 10 heteroatoms. The molecule has 5 rings (SSSR count). The third kappa shape index (κ3) is 6.46. The van der Waals surface area contributed by atoms with Crippen molar-refractivity contribution in [3.63, 3.8) is 0 Å². The second kappa shape index (κ2) is 13.1. The van der Waals surface area contributed by atoms with Crippen molar-refractivity contribution >= 4 is 38.2 Å². The lowest BCUT2D eigenvalue weighted by Gasteiger charge is -2.30. The quantitative estimate of drug-likeness (QED) is 0.349. The van der Waals surface area contributed by atoms with Gasteiger partial charge in [-0.2, -0.15) is 4.31 Å². The van der Waals surface area contributed by atoms with Crippen LogP contribution < -0.4 is 5.32 Å². The van der Waals surface area contributed by atoms with Crippen LogP contribution in [0.4, 0.5) is 5.00 Å². The Bertz CT molecular complexity index is 1520. The number of benzene rings is 2. The summed E-state index contributed by atoms with van der Waals surface area (Å²) in [5.74, 6) is -0.103. The van der Waals surface area contributed by atoms with Crippen LogP contribution in [-0.2, 0) is 29.5 Å². The maximum Gasteiger partial charge on any atom is 0.257 e. The van der Waals surface area contributed by atoms with E-state index < -0.39 is 10.0 Å². The Morgan fingerprint density at radius 3 is 2.40 bits per heavy atom. The van der Waals surface area contributed by atoms with E-state index in [9.17, 15) is 18.0 Å². The van der Waals surface area contributed by atoms with Crippen molar-refractivity contribution in [3.8, 4) is 0 Å². The van der Waals surface area contributed by atoms with Gasteiger partial charge >= 0.3 is 0 Å². The summed E-state index contributed by atoms with van der Waals surface area (Å²) < 4.78 is 27.9. The molecular formula is C32H40N4O4S2. The van der Waals surface area contributed by atoms with Gasteiger partial charge in [0.2, 0.25) is 10.0 Å². The van der Waals surface area contributed by atoms with Crippen molar-refractivity contribution in [2.45, 2.75) is 58.0 Å². The molecular weight excluding hydrogens is 569 g/mol. The zero-order valence-electron chi connectivity index (χ0n) is 24.6. The molecule has 2 aliphatic heterocycles. The first-order chi connectivity index (χ1) is 20.2. The lowest BCUT2D eigenvalue weighted by Crippen LogP contribution is -2.39. The van der Waals surface area contributed by atoms with Gasteiger partial charge in [0.05, 0.1) is 10.5 Å². The van der Waals surface area contributed by atoms with Gasteiger partial charge in [0.25, 0.3) is 11.8 Å². The average molecular weight is 609 g/mol. The Hall–Kier alpha value is -3.05. The Kier molecular flexibility index (Phi) is 9.47. The molecule has 0 aliphatic carbocycles. The highest BCUT2D eigenvalue weighted by molar-refractivity contribution is 7.89. The molecule has 1 unspecified atom stereocenters. The van der Waals surface area contributed by atoms with E-state index in [0.717, 1.165) is 42.8 Å². The van der Waals surface area contributed by atoms with Crippen LogP contribution in [0.2, 0.25) is 0 Å². The number of carbonyl (C=O) groups excluding carboxylic acids is 2. The molecule has 2 aromatic carbocycles. The van der Waals surface area contributed by atoms with Gasteiger partial charge in [0, 0.05) is 56.3 Å². The molecule has 0 radical (unpaired) electrons. The van der Waals surface area contributed by atoms with E-state index in [1.54, 1.807) is 21.3 Å². The summed E-state index contributed by atoms with van der Waals surface area (Å²) >= 11 is 1.47. The number of piperidine rings is 1. The number of rotatable bonds is 9. The number of anilines is 1. The van der Waals surface area contributed by atoms with Crippen LogP contribution in [0.1, 0.15) is 70.3 Å². The van der Waals surface area contributed by atoms with Gasteiger partial charge < -0.3 is 10.2 Å². The monoisotopic (exact) mass is 608 g/mol. The fraction of sp³-hybridized carbons (Fsp3) is 0.438. The molecule has 0 saturated carbocycles. The van der Waals surface area contributed by atoms with E-state index in [4.69, 9.17) is 0 Å². The van der Waals surface area contributed by atoms with Crippen molar-refractivity contribution in [2.75, 3.05) is 38.0 Å².